The van der Waals surface area contributed by atoms with Gasteiger partial charge in [0.2, 0.25) is 0 Å². The Morgan fingerprint density at radius 2 is 1.33 bits per heavy atom. The Hall–Kier alpha value is 2.21. The van der Waals surface area contributed by atoms with Crippen LogP contribution in [-0.2, 0) is 11.8 Å². The first-order valence-electron chi connectivity index (χ1n) is 7.78. The second kappa shape index (κ2) is 3.67. The molecule has 5 rings (SSSR count). The van der Waals surface area contributed by atoms with Gasteiger partial charge in [-0.15, -0.1) is 11.4 Å². The topological polar surface area (TPSA) is 0 Å². The summed E-state index contributed by atoms with van der Waals surface area (Å²) in [6, 6.07) is 0. The molecule has 6 heteroatoms. The van der Waals surface area contributed by atoms with Crippen LogP contribution in [0.3, 0.4) is 0 Å². The van der Waals surface area contributed by atoms with E-state index in [0.717, 1.165) is 0 Å². The maximum absolute atomic E-state index is 6.65. The fourth-order valence-electron chi connectivity index (χ4n) is 5.37. The molecule has 21 heavy (non-hydrogen) atoms. The zero-order valence-electron chi connectivity index (χ0n) is 14.6. The van der Waals surface area contributed by atoms with E-state index < -0.39 is 5.24 Å². The second-order valence-corrected chi connectivity index (χ2v) is 27.6. The maximum Gasteiger partial charge on any atom is 0.0936 e. The van der Waals surface area contributed by atoms with Gasteiger partial charge in [-0.25, -0.2) is 0 Å². The van der Waals surface area contributed by atoms with Crippen LogP contribution in [0.1, 0.15) is 62.3 Å². The highest BCUT2D eigenvalue weighted by atomic mass is 33.2. The van der Waals surface area contributed by atoms with Gasteiger partial charge in [0, 0.05) is 5.24 Å². The van der Waals surface area contributed by atoms with Crippen LogP contribution in [0.4, 0.5) is 0 Å². The summed E-state index contributed by atoms with van der Waals surface area (Å²) in [5.41, 5.74) is 1.21. The number of hydrogen-bond donors (Lipinski definition) is 0. The van der Waals surface area contributed by atoms with Gasteiger partial charge in [-0.3, -0.25) is 0 Å². The average Bonchev–Trinajstić information content (AvgIpc) is 2.43. The average molecular weight is 397 g/mol. The summed E-state index contributed by atoms with van der Waals surface area (Å²) in [4.78, 5) is 1.17. The molecule has 0 spiro atoms. The molecule has 0 radical (unpaired) electrons. The molecule has 6 atom stereocenters. The molecule has 0 amide bonds. The van der Waals surface area contributed by atoms with Crippen molar-refractivity contribution < 1.29 is 0 Å². The van der Waals surface area contributed by atoms with Crippen LogP contribution < -0.4 is 0 Å². The van der Waals surface area contributed by atoms with E-state index in [1.807, 2.05) is 0 Å². The fraction of sp³-hybridized carbons (Fsp3) is 1.00. The predicted octanol–water partition coefficient (Wildman–Crippen LogP) is 7.88. The summed E-state index contributed by atoms with van der Waals surface area (Å²) >= 11 is 11.5. The summed E-state index contributed by atoms with van der Waals surface area (Å²) in [5, 5.41) is -1.33. The summed E-state index contributed by atoms with van der Waals surface area (Å²) < 4.78 is 0.515. The lowest BCUT2D eigenvalue weighted by molar-refractivity contribution is 0.297. The van der Waals surface area contributed by atoms with Gasteiger partial charge in [0.1, 0.15) is 0 Å². The van der Waals surface area contributed by atoms with Gasteiger partial charge in [0.15, 0.2) is 0 Å². The molecule has 5 saturated heterocycles. The van der Waals surface area contributed by atoms with E-state index in [4.69, 9.17) is 11.8 Å². The third-order valence-electron chi connectivity index (χ3n) is 5.90. The van der Waals surface area contributed by atoms with Crippen molar-refractivity contribution in [3.63, 3.8) is 0 Å². The van der Waals surface area contributed by atoms with E-state index in [1.165, 1.54) is 0 Å². The van der Waals surface area contributed by atoms with Crippen LogP contribution in [0.25, 0.3) is 0 Å². The van der Waals surface area contributed by atoms with Crippen LogP contribution in [0.15, 0.2) is 0 Å². The lowest BCUT2D eigenvalue weighted by Gasteiger charge is -2.57. The van der Waals surface area contributed by atoms with Crippen molar-refractivity contribution in [1.29, 1.82) is 0 Å². The second-order valence-electron chi connectivity index (χ2n) is 10.0. The smallest absolute Gasteiger partial charge is 0.0936 e. The molecule has 5 fully saturated rings. The van der Waals surface area contributed by atoms with Gasteiger partial charge in [-0.05, 0) is 30.5 Å². The first-order chi connectivity index (χ1) is 9.18. The van der Waals surface area contributed by atoms with Gasteiger partial charge < -0.3 is 0 Å². The highest BCUT2D eigenvalue weighted by molar-refractivity contribution is 9.12. The summed E-state index contributed by atoms with van der Waals surface area (Å²) in [6.45, 7) is 22.6. The van der Waals surface area contributed by atoms with Crippen LogP contribution >= 0.6 is 41.9 Å². The Morgan fingerprint density at radius 3 is 1.57 bits per heavy atom. The number of rotatable bonds is 0. The standard InChI is InChI=1S/C15H27P3S3/c1-10(2,3)13-14(11(4,5)6)16(13)20-15(12(7,8)9)17(13)21-18(14,15)19/h1-9H3. The van der Waals surface area contributed by atoms with Crippen molar-refractivity contribution in [3.05, 3.63) is 0 Å². The molecule has 6 unspecified atom stereocenters. The summed E-state index contributed by atoms with van der Waals surface area (Å²) in [6.07, 6.45) is 0. The van der Waals surface area contributed by atoms with E-state index >= 15 is 0 Å². The number of hydrogen-bond acceptors (Lipinski definition) is 3. The van der Waals surface area contributed by atoms with E-state index in [1.54, 1.807) is 0 Å². The van der Waals surface area contributed by atoms with Crippen molar-refractivity contribution in [2.75, 3.05) is 0 Å². The minimum Gasteiger partial charge on any atom is -0.113 e. The van der Waals surface area contributed by atoms with Crippen LogP contribution in [0.2, 0.25) is 0 Å². The fourth-order valence-corrected chi connectivity index (χ4v) is 64.7. The van der Waals surface area contributed by atoms with Crippen LogP contribution in [-0.4, -0.2) is 14.0 Å². The maximum atomic E-state index is 6.65. The van der Waals surface area contributed by atoms with E-state index in [2.05, 4.69) is 84.7 Å². The molecule has 5 heterocycles. The Bertz CT molecular complexity index is 611. The van der Waals surface area contributed by atoms with Gasteiger partial charge in [-0.1, -0.05) is 85.1 Å². The van der Waals surface area contributed by atoms with Crippen LogP contribution in [0, 0.1) is 16.2 Å². The SMILES string of the molecule is CC(C)(C)C12P3SP4(=S)C3(C(C)(C)C)SP1C24C(C)(C)C. The Labute approximate surface area is 145 Å². The van der Waals surface area contributed by atoms with Crippen molar-refractivity contribution in [3.8, 4) is 0 Å². The molecule has 0 aliphatic carbocycles. The lowest BCUT2D eigenvalue weighted by Crippen LogP contribution is -2.38. The minimum atomic E-state index is -1.33. The van der Waals surface area contributed by atoms with Gasteiger partial charge in [0.05, 0.1) is 14.0 Å². The third-order valence-corrected chi connectivity index (χ3v) is 42.7. The first kappa shape index (κ1) is 16.7. The highest BCUT2D eigenvalue weighted by Gasteiger charge is 3.10. The van der Waals surface area contributed by atoms with E-state index in [0.29, 0.717) is 30.3 Å². The Kier molecular flexibility index (Phi) is 2.91. The lowest BCUT2D eigenvalue weighted by atomic mass is 9.80. The Balaban J connectivity index is 2.04. The molecule has 5 aliphatic rings. The molecule has 5 aliphatic heterocycles. The molecule has 120 valence electrons. The molecule has 0 saturated carbocycles. The predicted molar refractivity (Wildman–Crippen MR) is 110 cm³/mol. The zero-order chi connectivity index (χ0) is 16.1. The van der Waals surface area contributed by atoms with Gasteiger partial charge >= 0.3 is 0 Å². The van der Waals surface area contributed by atoms with Crippen LogP contribution in [0.5, 0.6) is 0 Å². The van der Waals surface area contributed by atoms with Crippen molar-refractivity contribution in [2.45, 2.75) is 76.3 Å². The Morgan fingerprint density at radius 1 is 0.810 bits per heavy atom. The monoisotopic (exact) mass is 396 g/mol. The molecule has 0 N–H and O–H groups in total. The molecule has 6 bridgehead atoms. The van der Waals surface area contributed by atoms with E-state index in [9.17, 15) is 0 Å². The van der Waals surface area contributed by atoms with Gasteiger partial charge in [-0.2, -0.15) is 0 Å². The van der Waals surface area contributed by atoms with Crippen molar-refractivity contribution in [2.24, 2.45) is 16.2 Å². The molecule has 0 aromatic carbocycles. The zero-order valence-corrected chi connectivity index (χ0v) is 19.7. The molecular weight excluding hydrogens is 369 g/mol. The highest BCUT2D eigenvalue weighted by Crippen LogP contribution is 3.40. The summed E-state index contributed by atoms with van der Waals surface area (Å²) in [7, 11) is 0.140. The molecule has 0 nitrogen and oxygen atoms in total. The van der Waals surface area contributed by atoms with Crippen molar-refractivity contribution >= 4 is 53.7 Å². The molecular formula is C15H27P3S3. The van der Waals surface area contributed by atoms with E-state index in [-0.39, 0.29) is 14.2 Å². The minimum absolute atomic E-state index is 0.0518. The normalized spacial score (nSPS) is 57.4. The quantitative estimate of drug-likeness (QED) is 0.382. The first-order valence-corrected chi connectivity index (χ1v) is 16.7. The summed E-state index contributed by atoms with van der Waals surface area (Å²) in [5.74, 6) is 0. The molecule has 0 aromatic heterocycles. The third kappa shape index (κ3) is 1.17. The van der Waals surface area contributed by atoms with Gasteiger partial charge in [0.25, 0.3) is 0 Å². The van der Waals surface area contributed by atoms with Crippen molar-refractivity contribution in [1.82, 2.24) is 0 Å². The molecule has 0 aromatic rings. The largest absolute Gasteiger partial charge is 0.113 e.